The second-order valence-electron chi connectivity index (χ2n) is 9.86. The largest absolute Gasteiger partial charge is 0.393 e. The number of H-pyrrole nitrogens is 1. The minimum atomic E-state index is -4.23. The Balaban J connectivity index is 1.38. The second-order valence-corrected chi connectivity index (χ2v) is 11.1. The molecule has 3 heterocycles. The molecule has 2 amide bonds. The molecule has 3 aliphatic rings. The lowest BCUT2D eigenvalue weighted by Crippen LogP contribution is -2.51. The summed E-state index contributed by atoms with van der Waals surface area (Å²) in [6.45, 7) is 2.63. The number of amides is 2. The molecule has 2 aliphatic heterocycles. The van der Waals surface area contributed by atoms with Gasteiger partial charge in [-0.1, -0.05) is 24.3 Å². The fourth-order valence-corrected chi connectivity index (χ4v) is 6.18. The summed E-state index contributed by atoms with van der Waals surface area (Å²) in [5, 5.41) is 7.72. The summed E-state index contributed by atoms with van der Waals surface area (Å²) < 4.78 is 44.1. The van der Waals surface area contributed by atoms with E-state index in [4.69, 9.17) is 4.74 Å². The van der Waals surface area contributed by atoms with E-state index in [9.17, 15) is 18.0 Å². The number of urea groups is 1. The first-order valence-electron chi connectivity index (χ1n) is 12.1. The highest BCUT2D eigenvalue weighted by Gasteiger charge is 2.47. The minimum absolute atomic E-state index is 0.0286. The maximum atomic E-state index is 13.4. The summed E-state index contributed by atoms with van der Waals surface area (Å²) in [7, 11) is 1.71. The fraction of sp³-hybridized carbons (Fsp3) is 0.600. The molecule has 6 nitrogen and oxygen atoms in total. The van der Waals surface area contributed by atoms with Gasteiger partial charge in [0.25, 0.3) is 0 Å². The number of ether oxygens (including phenoxy) is 1. The smallest absolute Gasteiger partial charge is 0.372 e. The van der Waals surface area contributed by atoms with Gasteiger partial charge >= 0.3 is 12.2 Å². The van der Waals surface area contributed by atoms with Crippen LogP contribution in [0.25, 0.3) is 0 Å². The molecule has 1 N–H and O–H groups in total. The van der Waals surface area contributed by atoms with Crippen LogP contribution in [0, 0.1) is 0 Å². The molecule has 1 aromatic carbocycles. The van der Waals surface area contributed by atoms with E-state index in [0.29, 0.717) is 13.1 Å². The number of carbonyl (C=O) groups is 1. The number of likely N-dealkylation sites (tertiary alicyclic amines) is 1. The zero-order valence-electron chi connectivity index (χ0n) is 19.8. The number of aromatic nitrogens is 2. The standard InChI is InChI=1S/C25H31F3N4O2S/c1-34-24(6-7-24)22-13-21(29-30-22)20-12-19(18-4-2-17(3-5-18)14-25(26,27)28)15-32(16-20)23(33)31-8-10-35-11-9-31/h2-5,13,19-20H,6-12,14-16H2,1H3,(H,29,30). The second kappa shape index (κ2) is 9.69. The van der Waals surface area contributed by atoms with Gasteiger partial charge < -0.3 is 14.5 Å². The van der Waals surface area contributed by atoms with Crippen LogP contribution in [-0.4, -0.2) is 77.0 Å². The number of methoxy groups -OCH3 is 1. The molecular formula is C25H31F3N4O2S. The van der Waals surface area contributed by atoms with Crippen LogP contribution in [0.15, 0.2) is 30.3 Å². The van der Waals surface area contributed by atoms with Crippen LogP contribution in [0.1, 0.15) is 53.6 Å². The van der Waals surface area contributed by atoms with E-state index < -0.39 is 12.6 Å². The van der Waals surface area contributed by atoms with Gasteiger partial charge in [0.2, 0.25) is 0 Å². The molecule has 2 atom stereocenters. The Morgan fingerprint density at radius 3 is 2.46 bits per heavy atom. The molecule has 3 fully saturated rings. The zero-order chi connectivity index (χ0) is 24.6. The van der Waals surface area contributed by atoms with Crippen molar-refractivity contribution in [2.75, 3.05) is 44.8 Å². The molecule has 1 aliphatic carbocycles. The Bertz CT molecular complexity index is 1030. The number of benzene rings is 1. The number of piperidine rings is 1. The van der Waals surface area contributed by atoms with Crippen molar-refractivity contribution in [2.45, 2.75) is 49.3 Å². The van der Waals surface area contributed by atoms with Crippen molar-refractivity contribution in [3.63, 3.8) is 0 Å². The number of thioether (sulfide) groups is 1. The lowest BCUT2D eigenvalue weighted by Gasteiger charge is -2.41. The van der Waals surface area contributed by atoms with E-state index >= 15 is 0 Å². The van der Waals surface area contributed by atoms with Gasteiger partial charge in [-0.15, -0.1) is 0 Å². The van der Waals surface area contributed by atoms with Crippen molar-refractivity contribution in [3.8, 4) is 0 Å². The Morgan fingerprint density at radius 2 is 1.83 bits per heavy atom. The fourth-order valence-electron chi connectivity index (χ4n) is 5.27. The van der Waals surface area contributed by atoms with E-state index in [1.807, 2.05) is 21.6 Å². The number of nitrogens with zero attached hydrogens (tertiary/aromatic N) is 3. The van der Waals surface area contributed by atoms with Crippen LogP contribution in [0.4, 0.5) is 18.0 Å². The predicted molar refractivity (Wildman–Crippen MR) is 129 cm³/mol. The van der Waals surface area contributed by atoms with Gasteiger partial charge in [-0.05, 0) is 36.5 Å². The number of carbonyl (C=O) groups excluding carboxylic acids is 1. The molecule has 0 radical (unpaired) electrons. The molecule has 5 rings (SSSR count). The third-order valence-corrected chi connectivity index (χ3v) is 8.40. The molecule has 1 aromatic heterocycles. The summed E-state index contributed by atoms with van der Waals surface area (Å²) in [4.78, 5) is 17.3. The first-order chi connectivity index (χ1) is 16.8. The van der Waals surface area contributed by atoms with Crippen LogP contribution in [0.3, 0.4) is 0 Å². The maximum Gasteiger partial charge on any atom is 0.393 e. The monoisotopic (exact) mass is 508 g/mol. The topological polar surface area (TPSA) is 61.5 Å². The highest BCUT2D eigenvalue weighted by Crippen LogP contribution is 2.48. The predicted octanol–water partition coefficient (Wildman–Crippen LogP) is 4.89. The highest BCUT2D eigenvalue weighted by atomic mass is 32.2. The van der Waals surface area contributed by atoms with Gasteiger partial charge in [-0.25, -0.2) is 4.79 Å². The number of nitrogens with one attached hydrogen (secondary N) is 1. The summed E-state index contributed by atoms with van der Waals surface area (Å²) in [5.74, 6) is 1.97. The third kappa shape index (κ3) is 5.48. The van der Waals surface area contributed by atoms with E-state index in [-0.39, 0.29) is 29.0 Å². The Morgan fingerprint density at radius 1 is 1.14 bits per heavy atom. The van der Waals surface area contributed by atoms with Gasteiger partial charge in [0.1, 0.15) is 5.60 Å². The van der Waals surface area contributed by atoms with Crippen molar-refractivity contribution >= 4 is 17.8 Å². The number of alkyl halides is 3. The molecule has 2 aromatic rings. The van der Waals surface area contributed by atoms with Crippen LogP contribution >= 0.6 is 11.8 Å². The van der Waals surface area contributed by atoms with Crippen molar-refractivity contribution < 1.29 is 22.7 Å². The lowest BCUT2D eigenvalue weighted by molar-refractivity contribution is -0.127. The van der Waals surface area contributed by atoms with Crippen LogP contribution in [0.5, 0.6) is 0 Å². The van der Waals surface area contributed by atoms with Crippen LogP contribution in [0.2, 0.25) is 0 Å². The van der Waals surface area contributed by atoms with Crippen molar-refractivity contribution in [2.24, 2.45) is 0 Å². The number of halogens is 3. The SMILES string of the molecule is COC1(c2cc(C3CC(c4ccc(CC(F)(F)F)cc4)CN(C(=O)N4CCSCC4)C3)[nH]n2)CC1. The van der Waals surface area contributed by atoms with Gasteiger partial charge in [0.15, 0.2) is 0 Å². The highest BCUT2D eigenvalue weighted by molar-refractivity contribution is 7.99. The number of rotatable bonds is 5. The average molecular weight is 509 g/mol. The zero-order valence-corrected chi connectivity index (χ0v) is 20.6. The van der Waals surface area contributed by atoms with Crippen molar-refractivity contribution in [1.29, 1.82) is 0 Å². The molecule has 0 spiro atoms. The Labute approximate surface area is 207 Å². The molecule has 2 saturated heterocycles. The summed E-state index contributed by atoms with van der Waals surface area (Å²) in [5.41, 5.74) is 2.80. The molecule has 35 heavy (non-hydrogen) atoms. The molecule has 0 bridgehead atoms. The molecular weight excluding hydrogens is 477 g/mol. The number of hydrogen-bond acceptors (Lipinski definition) is 4. The first-order valence-corrected chi connectivity index (χ1v) is 13.3. The molecule has 190 valence electrons. The van der Waals surface area contributed by atoms with Gasteiger partial charge in [0, 0.05) is 62.3 Å². The van der Waals surface area contributed by atoms with Crippen molar-refractivity contribution in [1.82, 2.24) is 20.0 Å². The molecule has 1 saturated carbocycles. The Kier molecular flexibility index (Phi) is 6.78. The summed E-state index contributed by atoms with van der Waals surface area (Å²) in [6.07, 6.45) is -2.48. The average Bonchev–Trinajstić information content (AvgIpc) is 3.50. The quantitative estimate of drug-likeness (QED) is 0.625. The van der Waals surface area contributed by atoms with Crippen molar-refractivity contribution in [3.05, 3.63) is 52.8 Å². The van der Waals surface area contributed by atoms with E-state index in [1.165, 1.54) is 0 Å². The number of aromatic amines is 1. The van der Waals surface area contributed by atoms with E-state index in [1.54, 1.807) is 31.4 Å². The first kappa shape index (κ1) is 24.5. The van der Waals surface area contributed by atoms with Crippen LogP contribution in [-0.2, 0) is 16.8 Å². The summed E-state index contributed by atoms with van der Waals surface area (Å²) >= 11 is 1.86. The van der Waals surface area contributed by atoms with Gasteiger partial charge in [-0.2, -0.15) is 30.0 Å². The summed E-state index contributed by atoms with van der Waals surface area (Å²) in [6, 6.07) is 8.81. The molecule has 2 unspecified atom stereocenters. The van der Waals surface area contributed by atoms with Gasteiger partial charge in [-0.3, -0.25) is 5.10 Å². The van der Waals surface area contributed by atoms with E-state index in [2.05, 4.69) is 16.3 Å². The third-order valence-electron chi connectivity index (χ3n) is 7.46. The number of hydrogen-bond donors (Lipinski definition) is 1. The Hall–Kier alpha value is -2.20. The lowest BCUT2D eigenvalue weighted by atomic mass is 9.82. The van der Waals surface area contributed by atoms with E-state index in [0.717, 1.165) is 60.8 Å². The van der Waals surface area contributed by atoms with Gasteiger partial charge in [0.05, 0.1) is 12.1 Å². The maximum absolute atomic E-state index is 13.4. The normalized spacial score (nSPS) is 24.5. The minimum Gasteiger partial charge on any atom is -0.372 e. The van der Waals surface area contributed by atoms with Crippen LogP contribution < -0.4 is 0 Å². The molecule has 10 heteroatoms.